The lowest BCUT2D eigenvalue weighted by Crippen LogP contribution is -2.55. The average Bonchev–Trinajstić information content (AvgIpc) is 3.32. The van der Waals surface area contributed by atoms with Gasteiger partial charge in [0.15, 0.2) is 0 Å². The summed E-state index contributed by atoms with van der Waals surface area (Å²) in [6.07, 6.45) is 4.85. The highest BCUT2D eigenvalue weighted by molar-refractivity contribution is 5.82. The standard InChI is InChI=1S/C21H25FN4O3/c1-3-18-16(21(28)29-2)8-15-12-24(13-20(27)26(15)18)10-14-9-23-25(11-14)19-7-5-4-6-17(19)22/h4-7,9,11,15-16,18H,3,8,10,12-13H2,1-2H3/t15-,16-,18-/m0/s1. The van der Waals surface area contributed by atoms with E-state index in [0.29, 0.717) is 31.7 Å². The molecule has 1 aromatic heterocycles. The molecule has 0 aliphatic carbocycles. The quantitative estimate of drug-likeness (QED) is 0.718. The number of fused-ring (bicyclic) bond motifs is 1. The van der Waals surface area contributed by atoms with Crippen LogP contribution in [-0.4, -0.2) is 63.7 Å². The highest BCUT2D eigenvalue weighted by atomic mass is 19.1. The average molecular weight is 400 g/mol. The maximum absolute atomic E-state index is 14.0. The van der Waals surface area contributed by atoms with Crippen molar-refractivity contribution < 1.29 is 18.7 Å². The molecule has 0 saturated carbocycles. The van der Waals surface area contributed by atoms with Crippen molar-refractivity contribution in [1.82, 2.24) is 19.6 Å². The third-order valence-electron chi connectivity index (χ3n) is 5.92. The molecule has 154 valence electrons. The second-order valence-electron chi connectivity index (χ2n) is 7.71. The molecule has 4 rings (SSSR count). The van der Waals surface area contributed by atoms with Gasteiger partial charge < -0.3 is 9.64 Å². The molecule has 1 amide bonds. The molecule has 3 heterocycles. The zero-order valence-corrected chi connectivity index (χ0v) is 16.6. The van der Waals surface area contributed by atoms with Crippen LogP contribution in [0, 0.1) is 11.7 Å². The van der Waals surface area contributed by atoms with Gasteiger partial charge in [0.2, 0.25) is 5.91 Å². The molecule has 0 N–H and O–H groups in total. The van der Waals surface area contributed by atoms with Crippen LogP contribution in [0.5, 0.6) is 0 Å². The summed E-state index contributed by atoms with van der Waals surface area (Å²) in [7, 11) is 1.40. The number of esters is 1. The molecule has 2 aliphatic rings. The van der Waals surface area contributed by atoms with E-state index in [9.17, 15) is 14.0 Å². The van der Waals surface area contributed by atoms with Gasteiger partial charge in [-0.25, -0.2) is 9.07 Å². The van der Waals surface area contributed by atoms with E-state index in [4.69, 9.17) is 4.74 Å². The van der Waals surface area contributed by atoms with Crippen molar-refractivity contribution in [3.05, 3.63) is 48.0 Å². The largest absolute Gasteiger partial charge is 0.469 e. The summed E-state index contributed by atoms with van der Waals surface area (Å²) in [4.78, 5) is 28.9. The number of ether oxygens (including phenoxy) is 1. The van der Waals surface area contributed by atoms with Crippen LogP contribution in [-0.2, 0) is 20.9 Å². The van der Waals surface area contributed by atoms with Crippen LogP contribution >= 0.6 is 0 Å². The molecule has 2 aliphatic heterocycles. The van der Waals surface area contributed by atoms with Gasteiger partial charge in [-0.3, -0.25) is 14.5 Å². The molecule has 0 radical (unpaired) electrons. The van der Waals surface area contributed by atoms with Gasteiger partial charge in [-0.1, -0.05) is 19.1 Å². The van der Waals surface area contributed by atoms with Crippen molar-refractivity contribution in [1.29, 1.82) is 0 Å². The van der Waals surface area contributed by atoms with Crippen molar-refractivity contribution in [3.63, 3.8) is 0 Å². The number of benzene rings is 1. The first-order chi connectivity index (χ1) is 14.0. The van der Waals surface area contributed by atoms with Crippen LogP contribution in [0.1, 0.15) is 25.3 Å². The topological polar surface area (TPSA) is 67.7 Å². The minimum absolute atomic E-state index is 0.00640. The van der Waals surface area contributed by atoms with Crippen LogP contribution in [0.4, 0.5) is 4.39 Å². The number of methoxy groups -OCH3 is 1. The van der Waals surface area contributed by atoms with E-state index >= 15 is 0 Å². The fraction of sp³-hybridized carbons (Fsp3) is 0.476. The molecule has 2 saturated heterocycles. The Balaban J connectivity index is 1.47. The third kappa shape index (κ3) is 3.64. The number of carbonyl (C=O) groups excluding carboxylic acids is 2. The summed E-state index contributed by atoms with van der Waals surface area (Å²) in [5.41, 5.74) is 1.30. The van der Waals surface area contributed by atoms with E-state index in [1.54, 1.807) is 30.6 Å². The molecule has 0 bridgehead atoms. The monoisotopic (exact) mass is 400 g/mol. The van der Waals surface area contributed by atoms with Gasteiger partial charge >= 0.3 is 5.97 Å². The summed E-state index contributed by atoms with van der Waals surface area (Å²) < 4.78 is 20.4. The SMILES string of the molecule is CC[C@H]1[C@@H](C(=O)OC)C[C@H]2CN(Cc3cnn(-c4ccccc4F)c3)CC(=O)N21. The molecule has 7 nitrogen and oxygen atoms in total. The fourth-order valence-corrected chi connectivity index (χ4v) is 4.69. The molecule has 8 heteroatoms. The Morgan fingerprint density at radius 1 is 1.34 bits per heavy atom. The number of hydrogen-bond donors (Lipinski definition) is 0. The zero-order chi connectivity index (χ0) is 20.5. The number of aromatic nitrogens is 2. The molecule has 2 aromatic rings. The molecular weight excluding hydrogens is 375 g/mol. The van der Waals surface area contributed by atoms with Crippen molar-refractivity contribution in [3.8, 4) is 5.69 Å². The van der Waals surface area contributed by atoms with Crippen LogP contribution in [0.2, 0.25) is 0 Å². The predicted molar refractivity (Wildman–Crippen MR) is 104 cm³/mol. The fourth-order valence-electron chi connectivity index (χ4n) is 4.69. The molecule has 3 atom stereocenters. The second kappa shape index (κ2) is 7.94. The molecule has 0 unspecified atom stereocenters. The van der Waals surface area contributed by atoms with E-state index in [1.807, 2.05) is 11.8 Å². The first-order valence-electron chi connectivity index (χ1n) is 9.91. The third-order valence-corrected chi connectivity index (χ3v) is 5.92. The molecule has 0 spiro atoms. The van der Waals surface area contributed by atoms with Gasteiger partial charge in [-0.05, 0) is 25.0 Å². The number of hydrogen-bond acceptors (Lipinski definition) is 5. The molecule has 2 fully saturated rings. The van der Waals surface area contributed by atoms with Crippen molar-refractivity contribution in [2.24, 2.45) is 5.92 Å². The lowest BCUT2D eigenvalue weighted by atomic mass is 9.97. The van der Waals surface area contributed by atoms with E-state index in [2.05, 4.69) is 10.00 Å². The Kier molecular flexibility index (Phi) is 5.36. The van der Waals surface area contributed by atoms with Crippen LogP contribution < -0.4 is 0 Å². The maximum atomic E-state index is 14.0. The molecule has 29 heavy (non-hydrogen) atoms. The number of para-hydroxylation sites is 1. The summed E-state index contributed by atoms with van der Waals surface area (Å²) in [6.45, 7) is 3.54. The van der Waals surface area contributed by atoms with E-state index in [0.717, 1.165) is 12.0 Å². The number of halogens is 1. The number of piperazine rings is 1. The summed E-state index contributed by atoms with van der Waals surface area (Å²) in [6, 6.07) is 6.39. The van der Waals surface area contributed by atoms with Gasteiger partial charge in [-0.15, -0.1) is 0 Å². The van der Waals surface area contributed by atoms with E-state index in [1.165, 1.54) is 17.9 Å². The van der Waals surface area contributed by atoms with Crippen molar-refractivity contribution in [2.45, 2.75) is 38.4 Å². The molecule has 1 aromatic carbocycles. The highest BCUT2D eigenvalue weighted by Crippen LogP contribution is 2.35. The second-order valence-corrected chi connectivity index (χ2v) is 7.71. The number of rotatable bonds is 5. The Hall–Kier alpha value is -2.74. The Morgan fingerprint density at radius 2 is 2.14 bits per heavy atom. The van der Waals surface area contributed by atoms with E-state index < -0.39 is 0 Å². The first kappa shape index (κ1) is 19.6. The normalized spacial score (nSPS) is 24.6. The minimum atomic E-state index is -0.337. The Bertz CT molecular complexity index is 915. The highest BCUT2D eigenvalue weighted by Gasteiger charge is 2.49. The Morgan fingerprint density at radius 3 is 2.86 bits per heavy atom. The van der Waals surface area contributed by atoms with Crippen LogP contribution in [0.3, 0.4) is 0 Å². The summed E-state index contributed by atoms with van der Waals surface area (Å²) in [5, 5.41) is 4.26. The van der Waals surface area contributed by atoms with E-state index in [-0.39, 0.29) is 35.7 Å². The number of carbonyl (C=O) groups is 2. The summed E-state index contributed by atoms with van der Waals surface area (Å²) in [5.74, 6) is -0.795. The lowest BCUT2D eigenvalue weighted by Gasteiger charge is -2.39. The first-order valence-corrected chi connectivity index (χ1v) is 9.91. The van der Waals surface area contributed by atoms with Crippen molar-refractivity contribution >= 4 is 11.9 Å². The number of nitrogens with zero attached hydrogens (tertiary/aromatic N) is 4. The smallest absolute Gasteiger partial charge is 0.310 e. The summed E-state index contributed by atoms with van der Waals surface area (Å²) >= 11 is 0. The predicted octanol–water partition coefficient (Wildman–Crippen LogP) is 2.00. The van der Waals surface area contributed by atoms with Gasteiger partial charge in [0.1, 0.15) is 11.5 Å². The van der Waals surface area contributed by atoms with Gasteiger partial charge in [0.05, 0.1) is 25.8 Å². The van der Waals surface area contributed by atoms with Gasteiger partial charge in [-0.2, -0.15) is 5.10 Å². The van der Waals surface area contributed by atoms with Gasteiger partial charge in [0.25, 0.3) is 0 Å². The molecular formula is C21H25FN4O3. The van der Waals surface area contributed by atoms with Gasteiger partial charge in [0, 0.05) is 36.9 Å². The number of amides is 1. The maximum Gasteiger partial charge on any atom is 0.310 e. The minimum Gasteiger partial charge on any atom is -0.469 e. The lowest BCUT2D eigenvalue weighted by molar-refractivity contribution is -0.147. The van der Waals surface area contributed by atoms with Crippen molar-refractivity contribution in [2.75, 3.05) is 20.2 Å². The zero-order valence-electron chi connectivity index (χ0n) is 16.6. The van der Waals surface area contributed by atoms with Crippen LogP contribution in [0.25, 0.3) is 5.69 Å². The Labute approximate surface area is 169 Å². The van der Waals surface area contributed by atoms with Crippen LogP contribution in [0.15, 0.2) is 36.7 Å².